The van der Waals surface area contributed by atoms with Crippen molar-refractivity contribution in [1.82, 2.24) is 0 Å². The van der Waals surface area contributed by atoms with E-state index in [1.807, 2.05) is 13.0 Å². The van der Waals surface area contributed by atoms with Crippen molar-refractivity contribution < 1.29 is 14.6 Å². The van der Waals surface area contributed by atoms with Gasteiger partial charge in [-0.25, -0.2) is 0 Å². The van der Waals surface area contributed by atoms with E-state index in [0.717, 1.165) is 4.90 Å². The number of nitrogen functional groups attached to an aromatic ring is 1. The largest absolute Gasteiger partial charge is 0.482 e. The summed E-state index contributed by atoms with van der Waals surface area (Å²) in [6.07, 6.45) is 0.698. The number of nitrogens with two attached hydrogens (primary N) is 1. The number of rotatable bonds is 4. The first-order chi connectivity index (χ1) is 8.60. The topological polar surface area (TPSA) is 84.6 Å². The van der Waals surface area contributed by atoms with Gasteiger partial charge in [0.2, 0.25) is 0 Å². The van der Waals surface area contributed by atoms with Gasteiger partial charge in [0.25, 0.3) is 5.91 Å². The smallest absolute Gasteiger partial charge is 0.262 e. The van der Waals surface area contributed by atoms with Crippen LogP contribution in [0.4, 0.5) is 11.4 Å². The van der Waals surface area contributed by atoms with Crippen LogP contribution in [0.1, 0.15) is 13.3 Å². The molecule has 18 heavy (non-hydrogen) atoms. The molecular weight excluding hydrogens is 252 g/mol. The number of benzene rings is 1. The first-order valence-corrected chi connectivity index (χ1v) is 6.62. The van der Waals surface area contributed by atoms with Crippen molar-refractivity contribution in [1.29, 1.82) is 0 Å². The predicted molar refractivity (Wildman–Crippen MR) is 72.0 cm³/mol. The van der Waals surface area contributed by atoms with Gasteiger partial charge in [-0.1, -0.05) is 6.92 Å². The Bertz CT molecular complexity index is 465. The van der Waals surface area contributed by atoms with Crippen molar-refractivity contribution in [3.63, 3.8) is 0 Å². The molecule has 0 fully saturated rings. The van der Waals surface area contributed by atoms with E-state index in [2.05, 4.69) is 5.32 Å². The molecule has 98 valence electrons. The van der Waals surface area contributed by atoms with Gasteiger partial charge >= 0.3 is 0 Å². The Morgan fingerprint density at radius 3 is 3.11 bits per heavy atom. The van der Waals surface area contributed by atoms with E-state index < -0.39 is 0 Å². The Kier molecular flexibility index (Phi) is 3.98. The molecule has 1 heterocycles. The molecule has 0 spiro atoms. The van der Waals surface area contributed by atoms with E-state index in [9.17, 15) is 4.79 Å². The minimum absolute atomic E-state index is 0.0276. The number of ether oxygens (including phenoxy) is 1. The second-order valence-corrected chi connectivity index (χ2v) is 5.64. The fourth-order valence-corrected chi connectivity index (χ4v) is 2.72. The number of carbonyl (C=O) groups excluding carboxylic acids is 1. The third-order valence-electron chi connectivity index (χ3n) is 2.61. The third-order valence-corrected chi connectivity index (χ3v) is 3.85. The van der Waals surface area contributed by atoms with E-state index in [1.54, 1.807) is 17.8 Å². The zero-order chi connectivity index (χ0) is 13.1. The lowest BCUT2D eigenvalue weighted by Crippen LogP contribution is -2.25. The standard InChI is InChI=1S/C12H16N2O3S/c1-7(2-3-15)18-11-5-9-10(4-8(11)13)17-6-12(16)14-9/h4-5,7,15H,2-3,6,13H2,1H3,(H,14,16). The SMILES string of the molecule is CC(CCO)Sc1cc2c(cc1N)OCC(=O)N2. The summed E-state index contributed by atoms with van der Waals surface area (Å²) in [4.78, 5) is 12.1. The first kappa shape index (κ1) is 13.0. The fraction of sp³-hybridized carbons (Fsp3) is 0.417. The van der Waals surface area contributed by atoms with Crippen LogP contribution in [0.5, 0.6) is 5.75 Å². The number of thioether (sulfide) groups is 1. The van der Waals surface area contributed by atoms with Crippen LogP contribution in [0.2, 0.25) is 0 Å². The predicted octanol–water partition coefficient (Wildman–Crippen LogP) is 1.46. The highest BCUT2D eigenvalue weighted by molar-refractivity contribution is 8.00. The van der Waals surface area contributed by atoms with Crippen LogP contribution >= 0.6 is 11.8 Å². The number of hydrogen-bond donors (Lipinski definition) is 3. The quantitative estimate of drug-likeness (QED) is 0.568. The van der Waals surface area contributed by atoms with Crippen LogP contribution in [-0.4, -0.2) is 29.5 Å². The Morgan fingerprint density at radius 2 is 2.39 bits per heavy atom. The summed E-state index contributed by atoms with van der Waals surface area (Å²) in [5.41, 5.74) is 7.22. The van der Waals surface area contributed by atoms with Crippen molar-refractivity contribution >= 4 is 29.0 Å². The molecule has 0 saturated carbocycles. The van der Waals surface area contributed by atoms with Gasteiger partial charge in [-0.3, -0.25) is 4.79 Å². The molecule has 1 amide bonds. The van der Waals surface area contributed by atoms with Gasteiger partial charge in [-0.05, 0) is 12.5 Å². The average molecular weight is 268 g/mol. The Hall–Kier alpha value is -1.40. The highest BCUT2D eigenvalue weighted by Crippen LogP contribution is 2.38. The zero-order valence-electron chi connectivity index (χ0n) is 10.1. The lowest BCUT2D eigenvalue weighted by molar-refractivity contribution is -0.118. The molecular formula is C12H16N2O3S. The second-order valence-electron chi connectivity index (χ2n) is 4.16. The Balaban J connectivity index is 2.21. The molecule has 5 nitrogen and oxygen atoms in total. The maximum absolute atomic E-state index is 11.2. The van der Waals surface area contributed by atoms with Gasteiger partial charge in [-0.15, -0.1) is 11.8 Å². The summed E-state index contributed by atoms with van der Waals surface area (Å²) < 4.78 is 5.28. The number of fused-ring (bicyclic) bond motifs is 1. The average Bonchev–Trinajstić information content (AvgIpc) is 2.31. The molecule has 0 aromatic heterocycles. The molecule has 4 N–H and O–H groups in total. The molecule has 1 aromatic carbocycles. The van der Waals surface area contributed by atoms with Crippen molar-refractivity contribution in [3.05, 3.63) is 12.1 Å². The van der Waals surface area contributed by atoms with E-state index in [-0.39, 0.29) is 24.4 Å². The maximum Gasteiger partial charge on any atom is 0.262 e. The van der Waals surface area contributed by atoms with Gasteiger partial charge < -0.3 is 20.9 Å². The molecule has 1 aliphatic heterocycles. The number of amides is 1. The van der Waals surface area contributed by atoms with Crippen LogP contribution in [0.3, 0.4) is 0 Å². The van der Waals surface area contributed by atoms with Crippen molar-refractivity contribution in [2.24, 2.45) is 0 Å². The normalized spacial score (nSPS) is 15.6. The van der Waals surface area contributed by atoms with E-state index in [1.165, 1.54) is 0 Å². The molecule has 1 unspecified atom stereocenters. The molecule has 2 rings (SSSR count). The van der Waals surface area contributed by atoms with Gasteiger partial charge in [-0.2, -0.15) is 0 Å². The second kappa shape index (κ2) is 5.49. The third kappa shape index (κ3) is 2.88. The minimum Gasteiger partial charge on any atom is -0.482 e. The molecule has 1 aromatic rings. The van der Waals surface area contributed by atoms with E-state index in [0.29, 0.717) is 23.5 Å². The van der Waals surface area contributed by atoms with E-state index >= 15 is 0 Å². The number of carbonyl (C=O) groups is 1. The van der Waals surface area contributed by atoms with Crippen LogP contribution in [0.25, 0.3) is 0 Å². The maximum atomic E-state index is 11.2. The summed E-state index contributed by atoms with van der Waals surface area (Å²) in [5.74, 6) is 0.442. The zero-order valence-corrected chi connectivity index (χ0v) is 10.9. The molecule has 6 heteroatoms. The van der Waals surface area contributed by atoms with E-state index in [4.69, 9.17) is 15.6 Å². The molecule has 0 aliphatic carbocycles. The van der Waals surface area contributed by atoms with Crippen LogP contribution in [0, 0.1) is 0 Å². The molecule has 0 radical (unpaired) electrons. The lowest BCUT2D eigenvalue weighted by atomic mass is 10.2. The summed E-state index contributed by atoms with van der Waals surface area (Å²) in [5, 5.41) is 11.9. The Morgan fingerprint density at radius 1 is 1.61 bits per heavy atom. The number of aliphatic hydroxyl groups excluding tert-OH is 1. The van der Waals surface area contributed by atoms with Crippen molar-refractivity contribution in [3.8, 4) is 5.75 Å². The molecule has 0 saturated heterocycles. The number of anilines is 2. The Labute approximate surface area is 110 Å². The van der Waals surface area contributed by atoms with Crippen LogP contribution in [-0.2, 0) is 4.79 Å². The highest BCUT2D eigenvalue weighted by atomic mass is 32.2. The minimum atomic E-state index is -0.161. The van der Waals surface area contributed by atoms with Crippen LogP contribution in [0.15, 0.2) is 17.0 Å². The first-order valence-electron chi connectivity index (χ1n) is 5.74. The van der Waals surface area contributed by atoms with Gasteiger partial charge in [0.05, 0.1) is 5.69 Å². The summed E-state index contributed by atoms with van der Waals surface area (Å²) in [6, 6.07) is 3.54. The van der Waals surface area contributed by atoms with Crippen molar-refractivity contribution in [2.45, 2.75) is 23.5 Å². The van der Waals surface area contributed by atoms with Gasteiger partial charge in [0, 0.05) is 28.5 Å². The fourth-order valence-electron chi connectivity index (χ4n) is 1.68. The number of nitrogens with one attached hydrogen (secondary N) is 1. The summed E-state index contributed by atoms with van der Waals surface area (Å²) >= 11 is 1.58. The highest BCUT2D eigenvalue weighted by Gasteiger charge is 2.18. The van der Waals surface area contributed by atoms with Gasteiger partial charge in [0.15, 0.2) is 6.61 Å². The van der Waals surface area contributed by atoms with Crippen molar-refractivity contribution in [2.75, 3.05) is 24.3 Å². The van der Waals surface area contributed by atoms with Crippen LogP contribution < -0.4 is 15.8 Å². The monoisotopic (exact) mass is 268 g/mol. The summed E-state index contributed by atoms with van der Waals surface area (Å²) in [6.45, 7) is 2.20. The molecule has 1 atom stereocenters. The summed E-state index contributed by atoms with van der Waals surface area (Å²) in [7, 11) is 0. The number of hydrogen-bond acceptors (Lipinski definition) is 5. The molecule has 0 bridgehead atoms. The van der Waals surface area contributed by atoms with Gasteiger partial charge in [0.1, 0.15) is 5.75 Å². The lowest BCUT2D eigenvalue weighted by Gasteiger charge is -2.20. The number of aliphatic hydroxyl groups is 1. The molecule has 1 aliphatic rings.